The van der Waals surface area contributed by atoms with Gasteiger partial charge in [-0.25, -0.2) is 4.98 Å². The Labute approximate surface area is 117 Å². The number of hydrogen-bond donors (Lipinski definition) is 1. The molecule has 0 radical (unpaired) electrons. The Morgan fingerprint density at radius 1 is 1.39 bits per heavy atom. The van der Waals surface area contributed by atoms with Crippen molar-refractivity contribution in [2.45, 2.75) is 39.3 Å². The highest BCUT2D eigenvalue weighted by Gasteiger charge is 2.19. The number of rotatable bonds is 4. The summed E-state index contributed by atoms with van der Waals surface area (Å²) in [4.78, 5) is 4.81. The Bertz CT molecular complexity index is 541. The third kappa shape index (κ3) is 2.31. The summed E-state index contributed by atoms with van der Waals surface area (Å²) in [6.07, 6.45) is 1.04. The summed E-state index contributed by atoms with van der Waals surface area (Å²) in [5, 5.41) is 3.34. The third-order valence-electron chi connectivity index (χ3n) is 3.26. The van der Waals surface area contributed by atoms with Crippen LogP contribution in [0.1, 0.15) is 45.1 Å². The molecule has 98 valence electrons. The quantitative estimate of drug-likeness (QED) is 0.923. The van der Waals surface area contributed by atoms with E-state index in [1.54, 1.807) is 0 Å². The van der Waals surface area contributed by atoms with Gasteiger partial charge in [0.05, 0.1) is 17.1 Å². The van der Waals surface area contributed by atoms with Crippen LogP contribution in [-0.2, 0) is 0 Å². The molecule has 1 unspecified atom stereocenters. The van der Waals surface area contributed by atoms with E-state index in [4.69, 9.17) is 4.98 Å². The zero-order chi connectivity index (χ0) is 13.3. The number of aromatic nitrogens is 2. The molecule has 0 saturated carbocycles. The Balaban J connectivity index is 2.68. The van der Waals surface area contributed by atoms with Crippen molar-refractivity contribution in [3.63, 3.8) is 0 Å². The van der Waals surface area contributed by atoms with Crippen LogP contribution in [0.25, 0.3) is 11.0 Å². The van der Waals surface area contributed by atoms with Crippen molar-refractivity contribution < 1.29 is 0 Å². The number of hydrogen-bond acceptors (Lipinski definition) is 2. The van der Waals surface area contributed by atoms with E-state index in [1.807, 2.05) is 7.05 Å². The topological polar surface area (TPSA) is 29.9 Å². The van der Waals surface area contributed by atoms with Crippen LogP contribution in [0.15, 0.2) is 22.7 Å². The summed E-state index contributed by atoms with van der Waals surface area (Å²) in [6, 6.07) is 7.01. The van der Waals surface area contributed by atoms with E-state index >= 15 is 0 Å². The van der Waals surface area contributed by atoms with Gasteiger partial charge in [0.15, 0.2) is 0 Å². The van der Waals surface area contributed by atoms with Crippen LogP contribution in [0.3, 0.4) is 0 Å². The second kappa shape index (κ2) is 5.41. The summed E-state index contributed by atoms with van der Waals surface area (Å²) >= 11 is 3.51. The summed E-state index contributed by atoms with van der Waals surface area (Å²) in [6.45, 7) is 6.59. The maximum Gasteiger partial charge on any atom is 0.127 e. The Morgan fingerprint density at radius 3 is 2.67 bits per heavy atom. The molecular weight excluding hydrogens is 290 g/mol. The van der Waals surface area contributed by atoms with Crippen LogP contribution in [-0.4, -0.2) is 16.6 Å². The van der Waals surface area contributed by atoms with Crippen molar-refractivity contribution in [1.29, 1.82) is 0 Å². The van der Waals surface area contributed by atoms with E-state index < -0.39 is 0 Å². The second-order valence-electron chi connectivity index (χ2n) is 4.82. The summed E-state index contributed by atoms with van der Waals surface area (Å²) < 4.78 is 3.40. The van der Waals surface area contributed by atoms with Gasteiger partial charge < -0.3 is 9.88 Å². The van der Waals surface area contributed by atoms with Crippen molar-refractivity contribution >= 4 is 27.0 Å². The van der Waals surface area contributed by atoms with Crippen molar-refractivity contribution in [2.24, 2.45) is 0 Å². The minimum atomic E-state index is 0.304. The molecule has 1 atom stereocenters. The van der Waals surface area contributed by atoms with Crippen LogP contribution in [0.4, 0.5) is 0 Å². The van der Waals surface area contributed by atoms with Gasteiger partial charge in [0.2, 0.25) is 0 Å². The van der Waals surface area contributed by atoms with E-state index in [1.165, 1.54) is 5.52 Å². The molecule has 0 aliphatic heterocycles. The van der Waals surface area contributed by atoms with Gasteiger partial charge in [0, 0.05) is 10.5 Å². The largest absolute Gasteiger partial charge is 0.324 e. The van der Waals surface area contributed by atoms with Crippen molar-refractivity contribution in [1.82, 2.24) is 14.9 Å². The van der Waals surface area contributed by atoms with Crippen LogP contribution in [0, 0.1) is 0 Å². The molecule has 2 rings (SSSR count). The van der Waals surface area contributed by atoms with E-state index in [9.17, 15) is 0 Å². The van der Waals surface area contributed by atoms with Crippen LogP contribution in [0.5, 0.6) is 0 Å². The van der Waals surface area contributed by atoms with Gasteiger partial charge in [-0.3, -0.25) is 0 Å². The Hall–Kier alpha value is -0.870. The normalized spacial score (nSPS) is 13.4. The first-order valence-electron chi connectivity index (χ1n) is 6.43. The lowest BCUT2D eigenvalue weighted by Crippen LogP contribution is -2.21. The standard InChI is InChI=1S/C14H20BrN3/c1-5-11(16-4)14-17-12-8-10(15)6-7-13(12)18(14)9(2)3/h6-9,11,16H,5H2,1-4H3. The molecule has 0 amide bonds. The molecule has 1 heterocycles. The predicted molar refractivity (Wildman–Crippen MR) is 79.9 cm³/mol. The fourth-order valence-corrected chi connectivity index (χ4v) is 2.74. The predicted octanol–water partition coefficient (Wildman–Crippen LogP) is 4.05. The number of nitrogens with zero attached hydrogens (tertiary/aromatic N) is 2. The maximum absolute atomic E-state index is 4.81. The van der Waals surface area contributed by atoms with E-state index in [2.05, 4.69) is 64.8 Å². The van der Waals surface area contributed by atoms with Crippen molar-refractivity contribution in [3.8, 4) is 0 Å². The highest BCUT2D eigenvalue weighted by atomic mass is 79.9. The molecule has 2 aromatic rings. The molecule has 0 aliphatic rings. The molecule has 18 heavy (non-hydrogen) atoms. The molecule has 0 fully saturated rings. The van der Waals surface area contributed by atoms with Crippen molar-refractivity contribution in [2.75, 3.05) is 7.05 Å². The SMILES string of the molecule is CCC(NC)c1nc2cc(Br)ccc2n1C(C)C. The fourth-order valence-electron chi connectivity index (χ4n) is 2.39. The molecule has 1 N–H and O–H groups in total. The summed E-state index contributed by atoms with van der Waals surface area (Å²) in [7, 11) is 1.99. The lowest BCUT2D eigenvalue weighted by atomic mass is 10.2. The highest BCUT2D eigenvalue weighted by molar-refractivity contribution is 9.10. The Morgan fingerprint density at radius 2 is 2.11 bits per heavy atom. The zero-order valence-electron chi connectivity index (χ0n) is 11.4. The lowest BCUT2D eigenvalue weighted by molar-refractivity contribution is 0.486. The minimum absolute atomic E-state index is 0.304. The van der Waals surface area contributed by atoms with Gasteiger partial charge >= 0.3 is 0 Å². The van der Waals surface area contributed by atoms with Crippen LogP contribution < -0.4 is 5.32 Å². The van der Waals surface area contributed by atoms with E-state index in [0.29, 0.717) is 12.1 Å². The maximum atomic E-state index is 4.81. The summed E-state index contributed by atoms with van der Waals surface area (Å²) in [5.74, 6) is 1.13. The fraction of sp³-hybridized carbons (Fsp3) is 0.500. The zero-order valence-corrected chi connectivity index (χ0v) is 13.0. The number of imidazole rings is 1. The van der Waals surface area contributed by atoms with Gasteiger partial charge in [0.1, 0.15) is 5.82 Å². The van der Waals surface area contributed by atoms with Gasteiger partial charge in [-0.2, -0.15) is 0 Å². The molecular formula is C14H20BrN3. The van der Waals surface area contributed by atoms with Gasteiger partial charge in [-0.15, -0.1) is 0 Å². The number of nitrogens with one attached hydrogen (secondary N) is 1. The van der Waals surface area contributed by atoms with Gasteiger partial charge in [-0.1, -0.05) is 22.9 Å². The van der Waals surface area contributed by atoms with Gasteiger partial charge in [-0.05, 0) is 45.5 Å². The molecule has 1 aromatic heterocycles. The number of fused-ring (bicyclic) bond motifs is 1. The van der Waals surface area contributed by atoms with E-state index in [0.717, 1.165) is 22.2 Å². The second-order valence-corrected chi connectivity index (χ2v) is 5.73. The molecule has 0 aliphatic carbocycles. The first-order valence-corrected chi connectivity index (χ1v) is 7.22. The summed E-state index contributed by atoms with van der Waals surface area (Å²) in [5.41, 5.74) is 2.26. The molecule has 0 saturated heterocycles. The molecule has 0 spiro atoms. The molecule has 1 aromatic carbocycles. The first kappa shape index (κ1) is 13.6. The van der Waals surface area contributed by atoms with Crippen molar-refractivity contribution in [3.05, 3.63) is 28.5 Å². The number of benzene rings is 1. The Kier molecular flexibility index (Phi) is 4.07. The minimum Gasteiger partial charge on any atom is -0.324 e. The smallest absolute Gasteiger partial charge is 0.127 e. The van der Waals surface area contributed by atoms with Crippen LogP contribution in [0.2, 0.25) is 0 Å². The average molecular weight is 310 g/mol. The average Bonchev–Trinajstić information content (AvgIpc) is 2.68. The highest BCUT2D eigenvalue weighted by Crippen LogP contribution is 2.28. The molecule has 3 nitrogen and oxygen atoms in total. The molecule has 4 heteroatoms. The first-order chi connectivity index (χ1) is 8.58. The monoisotopic (exact) mass is 309 g/mol. The lowest BCUT2D eigenvalue weighted by Gasteiger charge is -2.19. The van der Waals surface area contributed by atoms with Crippen LogP contribution >= 0.6 is 15.9 Å². The number of halogens is 1. The third-order valence-corrected chi connectivity index (χ3v) is 3.76. The van der Waals surface area contributed by atoms with Gasteiger partial charge in [0.25, 0.3) is 0 Å². The van der Waals surface area contributed by atoms with E-state index in [-0.39, 0.29) is 0 Å². The molecule has 0 bridgehead atoms.